The molecule has 0 atom stereocenters. The average molecular weight is 353 g/mol. The molecule has 104 valence electrons. The third-order valence-corrected chi connectivity index (χ3v) is 3.45. The molecular formula is C14H13BrN2O2S. The van der Waals surface area contributed by atoms with E-state index in [0.717, 1.165) is 15.9 Å². The Morgan fingerprint density at radius 1 is 1.30 bits per heavy atom. The van der Waals surface area contributed by atoms with Crippen LogP contribution >= 0.6 is 28.1 Å². The van der Waals surface area contributed by atoms with E-state index in [0.29, 0.717) is 17.2 Å². The molecule has 0 aliphatic rings. The van der Waals surface area contributed by atoms with E-state index in [4.69, 9.17) is 27.4 Å². The Morgan fingerprint density at radius 2 is 2.05 bits per heavy atom. The fourth-order valence-electron chi connectivity index (χ4n) is 1.59. The largest absolute Gasteiger partial charge is 0.497 e. The van der Waals surface area contributed by atoms with Crippen molar-refractivity contribution in [3.8, 4) is 17.4 Å². The van der Waals surface area contributed by atoms with Crippen LogP contribution in [0.5, 0.6) is 17.4 Å². The van der Waals surface area contributed by atoms with Gasteiger partial charge in [-0.2, -0.15) is 0 Å². The number of aryl methyl sites for hydroxylation is 1. The molecule has 0 fully saturated rings. The average Bonchev–Trinajstić information content (AvgIpc) is 2.40. The van der Waals surface area contributed by atoms with E-state index in [1.165, 1.54) is 0 Å². The highest BCUT2D eigenvalue weighted by Crippen LogP contribution is 2.33. The highest BCUT2D eigenvalue weighted by molar-refractivity contribution is 9.10. The molecule has 0 saturated carbocycles. The zero-order valence-electron chi connectivity index (χ0n) is 11.0. The first-order chi connectivity index (χ1) is 9.51. The SMILES string of the molecule is COc1ccc(Oc2nc(C)ccc2C(N)=S)c(Br)c1. The number of thiocarbonyl (C=S) groups is 1. The maximum absolute atomic E-state index is 5.80. The van der Waals surface area contributed by atoms with Gasteiger partial charge in [-0.15, -0.1) is 0 Å². The molecule has 0 radical (unpaired) electrons. The van der Waals surface area contributed by atoms with Crippen LogP contribution in [0.15, 0.2) is 34.8 Å². The van der Waals surface area contributed by atoms with Crippen LogP contribution in [0.3, 0.4) is 0 Å². The summed E-state index contributed by atoms with van der Waals surface area (Å²) in [6.45, 7) is 1.87. The molecule has 0 spiro atoms. The quantitative estimate of drug-likeness (QED) is 0.852. The maximum atomic E-state index is 5.80. The fraction of sp³-hybridized carbons (Fsp3) is 0.143. The number of methoxy groups -OCH3 is 1. The molecule has 0 saturated heterocycles. The molecule has 1 heterocycles. The topological polar surface area (TPSA) is 57.4 Å². The molecule has 1 aromatic heterocycles. The monoisotopic (exact) mass is 352 g/mol. The second-order valence-corrected chi connectivity index (χ2v) is 5.36. The Hall–Kier alpha value is -1.66. The Bertz CT molecular complexity index is 662. The standard InChI is InChI=1S/C14H13BrN2O2S/c1-8-3-5-10(13(16)20)14(17-8)19-12-6-4-9(18-2)7-11(12)15/h3-7H,1-2H3,(H2,16,20). The molecule has 1 aromatic carbocycles. The summed E-state index contributed by atoms with van der Waals surface area (Å²) in [5, 5.41) is 0. The third-order valence-electron chi connectivity index (χ3n) is 2.61. The van der Waals surface area contributed by atoms with Gasteiger partial charge in [0.1, 0.15) is 16.5 Å². The smallest absolute Gasteiger partial charge is 0.229 e. The van der Waals surface area contributed by atoms with E-state index in [1.54, 1.807) is 25.3 Å². The number of ether oxygens (including phenoxy) is 2. The highest BCUT2D eigenvalue weighted by Gasteiger charge is 2.12. The lowest BCUT2D eigenvalue weighted by Gasteiger charge is -2.12. The van der Waals surface area contributed by atoms with Gasteiger partial charge in [-0.1, -0.05) is 12.2 Å². The van der Waals surface area contributed by atoms with Gasteiger partial charge < -0.3 is 15.2 Å². The van der Waals surface area contributed by atoms with Crippen LogP contribution in [-0.4, -0.2) is 17.1 Å². The summed E-state index contributed by atoms with van der Waals surface area (Å²) in [4.78, 5) is 4.58. The lowest BCUT2D eigenvalue weighted by atomic mass is 10.2. The normalized spacial score (nSPS) is 10.2. The van der Waals surface area contributed by atoms with Gasteiger partial charge in [0.05, 0.1) is 17.1 Å². The molecule has 2 rings (SSSR count). The van der Waals surface area contributed by atoms with Crippen molar-refractivity contribution in [1.82, 2.24) is 4.98 Å². The summed E-state index contributed by atoms with van der Waals surface area (Å²) in [7, 11) is 1.61. The van der Waals surface area contributed by atoms with Crippen molar-refractivity contribution in [2.75, 3.05) is 7.11 Å². The zero-order valence-corrected chi connectivity index (χ0v) is 13.4. The first-order valence-corrected chi connectivity index (χ1v) is 7.00. The van der Waals surface area contributed by atoms with Crippen LogP contribution < -0.4 is 15.2 Å². The molecule has 0 aliphatic heterocycles. The number of halogens is 1. The van der Waals surface area contributed by atoms with Crippen molar-refractivity contribution in [2.24, 2.45) is 5.73 Å². The molecule has 20 heavy (non-hydrogen) atoms. The first-order valence-electron chi connectivity index (χ1n) is 5.80. The van der Waals surface area contributed by atoms with Crippen molar-refractivity contribution in [3.05, 3.63) is 46.1 Å². The number of nitrogens with two attached hydrogens (primary N) is 1. The lowest BCUT2D eigenvalue weighted by Crippen LogP contribution is -2.12. The number of pyridine rings is 1. The molecule has 4 nitrogen and oxygen atoms in total. The summed E-state index contributed by atoms with van der Waals surface area (Å²) in [5.74, 6) is 1.74. The molecule has 0 unspecified atom stereocenters. The molecule has 0 bridgehead atoms. The third kappa shape index (κ3) is 3.26. The molecular weight excluding hydrogens is 340 g/mol. The predicted molar refractivity (Wildman–Crippen MR) is 85.6 cm³/mol. The van der Waals surface area contributed by atoms with Crippen LogP contribution in [-0.2, 0) is 0 Å². The van der Waals surface area contributed by atoms with Gasteiger partial charge in [0, 0.05) is 5.69 Å². The number of hydrogen-bond donors (Lipinski definition) is 1. The van der Waals surface area contributed by atoms with Gasteiger partial charge in [0.25, 0.3) is 0 Å². The lowest BCUT2D eigenvalue weighted by molar-refractivity contribution is 0.411. The van der Waals surface area contributed by atoms with E-state index in [9.17, 15) is 0 Å². The number of hydrogen-bond acceptors (Lipinski definition) is 4. The van der Waals surface area contributed by atoms with Crippen LogP contribution in [0, 0.1) is 6.92 Å². The van der Waals surface area contributed by atoms with E-state index >= 15 is 0 Å². The van der Waals surface area contributed by atoms with Gasteiger partial charge in [-0.05, 0) is 53.2 Å². The van der Waals surface area contributed by atoms with Crippen LogP contribution in [0.4, 0.5) is 0 Å². The maximum Gasteiger partial charge on any atom is 0.229 e. The minimum absolute atomic E-state index is 0.247. The van der Waals surface area contributed by atoms with Gasteiger partial charge in [-0.3, -0.25) is 0 Å². The van der Waals surface area contributed by atoms with E-state index in [2.05, 4.69) is 20.9 Å². The highest BCUT2D eigenvalue weighted by atomic mass is 79.9. The fourth-order valence-corrected chi connectivity index (χ4v) is 2.19. The zero-order chi connectivity index (χ0) is 14.7. The Labute approximate surface area is 131 Å². The predicted octanol–water partition coefficient (Wildman–Crippen LogP) is 3.59. The number of nitrogens with zero attached hydrogens (tertiary/aromatic N) is 1. The number of aromatic nitrogens is 1. The summed E-state index contributed by atoms with van der Waals surface area (Å²) >= 11 is 8.44. The van der Waals surface area contributed by atoms with Crippen molar-refractivity contribution in [3.63, 3.8) is 0 Å². The van der Waals surface area contributed by atoms with E-state index in [1.807, 2.05) is 19.1 Å². The number of rotatable bonds is 4. The van der Waals surface area contributed by atoms with Gasteiger partial charge >= 0.3 is 0 Å². The van der Waals surface area contributed by atoms with E-state index in [-0.39, 0.29) is 4.99 Å². The van der Waals surface area contributed by atoms with Crippen molar-refractivity contribution in [1.29, 1.82) is 0 Å². The first kappa shape index (κ1) is 14.7. The van der Waals surface area contributed by atoms with Crippen molar-refractivity contribution >= 4 is 33.1 Å². The minimum Gasteiger partial charge on any atom is -0.497 e. The van der Waals surface area contributed by atoms with Crippen molar-refractivity contribution < 1.29 is 9.47 Å². The van der Waals surface area contributed by atoms with Gasteiger partial charge in [0.2, 0.25) is 5.88 Å². The molecule has 2 aromatic rings. The summed E-state index contributed by atoms with van der Waals surface area (Å²) < 4.78 is 11.7. The number of benzene rings is 1. The molecule has 0 aliphatic carbocycles. The molecule has 6 heteroatoms. The Balaban J connectivity index is 2.39. The second kappa shape index (κ2) is 6.19. The Kier molecular flexibility index (Phi) is 4.57. The summed E-state index contributed by atoms with van der Waals surface area (Å²) in [5.41, 5.74) is 7.11. The van der Waals surface area contributed by atoms with Crippen molar-refractivity contribution in [2.45, 2.75) is 6.92 Å². The van der Waals surface area contributed by atoms with E-state index < -0.39 is 0 Å². The summed E-state index contributed by atoms with van der Waals surface area (Å²) in [6, 6.07) is 9.04. The van der Waals surface area contributed by atoms with Gasteiger partial charge in [0.15, 0.2) is 0 Å². The molecule has 2 N–H and O–H groups in total. The van der Waals surface area contributed by atoms with Crippen LogP contribution in [0.2, 0.25) is 0 Å². The van der Waals surface area contributed by atoms with Crippen LogP contribution in [0.1, 0.15) is 11.3 Å². The van der Waals surface area contributed by atoms with Gasteiger partial charge in [-0.25, -0.2) is 4.98 Å². The minimum atomic E-state index is 0.247. The van der Waals surface area contributed by atoms with Crippen LogP contribution in [0.25, 0.3) is 0 Å². The Morgan fingerprint density at radius 3 is 2.65 bits per heavy atom. The summed E-state index contributed by atoms with van der Waals surface area (Å²) in [6.07, 6.45) is 0. The second-order valence-electron chi connectivity index (χ2n) is 4.07. The molecule has 0 amide bonds.